The van der Waals surface area contributed by atoms with E-state index in [4.69, 9.17) is 9.84 Å². The highest BCUT2D eigenvalue weighted by Crippen LogP contribution is 2.09. The van der Waals surface area contributed by atoms with Crippen molar-refractivity contribution in [1.29, 1.82) is 0 Å². The van der Waals surface area contributed by atoms with Gasteiger partial charge in [0.1, 0.15) is 0 Å². The summed E-state index contributed by atoms with van der Waals surface area (Å²) >= 11 is 0. The predicted molar refractivity (Wildman–Crippen MR) is 48.8 cm³/mol. The highest BCUT2D eigenvalue weighted by molar-refractivity contribution is 5.82. The van der Waals surface area contributed by atoms with Crippen LogP contribution >= 0.6 is 0 Å². The van der Waals surface area contributed by atoms with Gasteiger partial charge in [-0.2, -0.15) is 0 Å². The van der Waals surface area contributed by atoms with Crippen LogP contribution in [0.5, 0.6) is 0 Å². The van der Waals surface area contributed by atoms with E-state index in [1.807, 2.05) is 0 Å². The third-order valence-electron chi connectivity index (χ3n) is 2.23. The average molecular weight is 201 g/mol. The molecule has 1 amide bonds. The molecule has 0 bridgehead atoms. The number of hydrogen-bond acceptors (Lipinski definition) is 3. The first-order chi connectivity index (χ1) is 6.61. The Kier molecular flexibility index (Phi) is 3.88. The van der Waals surface area contributed by atoms with Crippen LogP contribution in [0.25, 0.3) is 0 Å². The van der Waals surface area contributed by atoms with Crippen LogP contribution in [0.1, 0.15) is 13.3 Å². The lowest BCUT2D eigenvalue weighted by molar-refractivity contribution is -0.146. The number of hydrogen-bond donors (Lipinski definition) is 1. The van der Waals surface area contributed by atoms with Crippen LogP contribution in [0, 0.1) is 5.92 Å². The Labute approximate surface area is 82.6 Å². The number of carboxylic acid groups (broad SMARTS) is 1. The predicted octanol–water partition coefficient (Wildman–Crippen LogP) is -0.0440. The average Bonchev–Trinajstić information content (AvgIpc) is 2.17. The molecule has 0 unspecified atom stereocenters. The van der Waals surface area contributed by atoms with Crippen molar-refractivity contribution >= 4 is 11.9 Å². The van der Waals surface area contributed by atoms with Gasteiger partial charge < -0.3 is 14.7 Å². The summed E-state index contributed by atoms with van der Waals surface area (Å²) in [5, 5.41) is 8.54. The highest BCUT2D eigenvalue weighted by atomic mass is 16.5. The van der Waals surface area contributed by atoms with Crippen molar-refractivity contribution in [2.75, 3.05) is 26.3 Å². The summed E-state index contributed by atoms with van der Waals surface area (Å²) in [4.78, 5) is 23.7. The minimum atomic E-state index is -0.931. The molecular weight excluding hydrogens is 186 g/mol. The van der Waals surface area contributed by atoms with E-state index in [1.54, 1.807) is 11.8 Å². The lowest BCUT2D eigenvalue weighted by atomic mass is 10.1. The highest BCUT2D eigenvalue weighted by Gasteiger charge is 2.23. The van der Waals surface area contributed by atoms with E-state index in [9.17, 15) is 9.59 Å². The van der Waals surface area contributed by atoms with Crippen LogP contribution < -0.4 is 0 Å². The molecule has 1 rings (SSSR count). The van der Waals surface area contributed by atoms with Crippen LogP contribution in [0.2, 0.25) is 0 Å². The van der Waals surface area contributed by atoms with E-state index < -0.39 is 11.9 Å². The van der Waals surface area contributed by atoms with Gasteiger partial charge in [0.2, 0.25) is 5.91 Å². The van der Waals surface area contributed by atoms with E-state index in [2.05, 4.69) is 0 Å². The first-order valence-corrected chi connectivity index (χ1v) is 4.69. The van der Waals surface area contributed by atoms with E-state index in [-0.39, 0.29) is 12.3 Å². The van der Waals surface area contributed by atoms with Crippen molar-refractivity contribution < 1.29 is 19.4 Å². The molecule has 5 nitrogen and oxygen atoms in total. The van der Waals surface area contributed by atoms with Crippen molar-refractivity contribution in [2.45, 2.75) is 13.3 Å². The molecule has 1 atom stereocenters. The SMILES string of the molecule is C[C@@H](CC(=O)O)C(=O)N1CCOCC1. The minimum Gasteiger partial charge on any atom is -0.481 e. The van der Waals surface area contributed by atoms with Gasteiger partial charge in [0.05, 0.1) is 19.6 Å². The van der Waals surface area contributed by atoms with Gasteiger partial charge in [0.15, 0.2) is 0 Å². The van der Waals surface area contributed by atoms with E-state index >= 15 is 0 Å². The number of carbonyl (C=O) groups is 2. The lowest BCUT2D eigenvalue weighted by Gasteiger charge is -2.28. The molecule has 0 radical (unpaired) electrons. The topological polar surface area (TPSA) is 66.8 Å². The Hall–Kier alpha value is -1.10. The maximum atomic E-state index is 11.6. The second-order valence-electron chi connectivity index (χ2n) is 3.44. The molecule has 0 aromatic carbocycles. The lowest BCUT2D eigenvalue weighted by Crippen LogP contribution is -2.43. The zero-order valence-corrected chi connectivity index (χ0v) is 8.23. The summed E-state index contributed by atoms with van der Waals surface area (Å²) in [5.74, 6) is -1.46. The van der Waals surface area contributed by atoms with Crippen molar-refractivity contribution in [3.63, 3.8) is 0 Å². The number of carboxylic acids is 1. The molecule has 14 heavy (non-hydrogen) atoms. The van der Waals surface area contributed by atoms with Crippen LogP contribution in [0.3, 0.4) is 0 Å². The number of morpholine rings is 1. The zero-order chi connectivity index (χ0) is 10.6. The van der Waals surface area contributed by atoms with Gasteiger partial charge in [-0.05, 0) is 0 Å². The summed E-state index contributed by atoms with van der Waals surface area (Å²) in [7, 11) is 0. The number of nitrogens with zero attached hydrogens (tertiary/aromatic N) is 1. The summed E-state index contributed by atoms with van der Waals surface area (Å²) in [6, 6.07) is 0. The standard InChI is InChI=1S/C9H15NO4/c1-7(6-8(11)12)9(13)10-2-4-14-5-3-10/h7H,2-6H2,1H3,(H,11,12)/t7-/m0/s1. The molecular formula is C9H15NO4. The fourth-order valence-electron chi connectivity index (χ4n) is 1.44. The van der Waals surface area contributed by atoms with E-state index in [0.717, 1.165) is 0 Å². The third kappa shape index (κ3) is 2.99. The van der Waals surface area contributed by atoms with Crippen LogP contribution in [-0.2, 0) is 14.3 Å². The van der Waals surface area contributed by atoms with Gasteiger partial charge in [-0.15, -0.1) is 0 Å². The van der Waals surface area contributed by atoms with Crippen LogP contribution in [0.15, 0.2) is 0 Å². The molecule has 5 heteroatoms. The molecule has 80 valence electrons. The Bertz CT molecular complexity index is 223. The van der Waals surface area contributed by atoms with Crippen molar-refractivity contribution in [2.24, 2.45) is 5.92 Å². The van der Waals surface area contributed by atoms with Gasteiger partial charge in [0, 0.05) is 19.0 Å². The monoisotopic (exact) mass is 201 g/mol. The summed E-state index contributed by atoms with van der Waals surface area (Å²) in [6.07, 6.45) is -0.101. The van der Waals surface area contributed by atoms with Crippen LogP contribution in [0.4, 0.5) is 0 Å². The van der Waals surface area contributed by atoms with Crippen molar-refractivity contribution in [3.05, 3.63) is 0 Å². The van der Waals surface area contributed by atoms with Crippen LogP contribution in [-0.4, -0.2) is 48.2 Å². The first kappa shape index (κ1) is 11.0. The zero-order valence-electron chi connectivity index (χ0n) is 8.23. The molecule has 0 aliphatic carbocycles. The smallest absolute Gasteiger partial charge is 0.304 e. The summed E-state index contributed by atoms with van der Waals surface area (Å²) in [6.45, 7) is 3.88. The molecule has 0 aromatic rings. The van der Waals surface area contributed by atoms with Gasteiger partial charge in [-0.25, -0.2) is 0 Å². The summed E-state index contributed by atoms with van der Waals surface area (Å²) in [5.41, 5.74) is 0. The van der Waals surface area contributed by atoms with Gasteiger partial charge >= 0.3 is 5.97 Å². The van der Waals surface area contributed by atoms with Gasteiger partial charge in [-0.3, -0.25) is 9.59 Å². The van der Waals surface area contributed by atoms with Crippen molar-refractivity contribution in [3.8, 4) is 0 Å². The fraction of sp³-hybridized carbons (Fsp3) is 0.778. The Morgan fingerprint density at radius 2 is 2.00 bits per heavy atom. The van der Waals surface area contributed by atoms with E-state index in [0.29, 0.717) is 26.3 Å². The molecule has 1 aliphatic rings. The van der Waals surface area contributed by atoms with E-state index in [1.165, 1.54) is 0 Å². The molecule has 1 N–H and O–H groups in total. The minimum absolute atomic E-state index is 0.0873. The molecule has 0 saturated carbocycles. The second-order valence-corrected chi connectivity index (χ2v) is 3.44. The molecule has 1 aliphatic heterocycles. The number of rotatable bonds is 3. The normalized spacial score (nSPS) is 19.1. The number of carbonyl (C=O) groups excluding carboxylic acids is 1. The second kappa shape index (κ2) is 4.95. The van der Waals surface area contributed by atoms with Gasteiger partial charge in [-0.1, -0.05) is 6.92 Å². The molecule has 1 heterocycles. The number of aliphatic carboxylic acids is 1. The largest absolute Gasteiger partial charge is 0.481 e. The Morgan fingerprint density at radius 1 is 1.43 bits per heavy atom. The maximum Gasteiger partial charge on any atom is 0.304 e. The fourth-order valence-corrected chi connectivity index (χ4v) is 1.44. The number of ether oxygens (including phenoxy) is 1. The van der Waals surface area contributed by atoms with Crippen molar-refractivity contribution in [1.82, 2.24) is 4.90 Å². The number of amides is 1. The van der Waals surface area contributed by atoms with Gasteiger partial charge in [0.25, 0.3) is 0 Å². The third-order valence-corrected chi connectivity index (χ3v) is 2.23. The molecule has 0 aromatic heterocycles. The first-order valence-electron chi connectivity index (χ1n) is 4.69. The maximum absolute atomic E-state index is 11.6. The summed E-state index contributed by atoms with van der Waals surface area (Å²) < 4.78 is 5.10. The molecule has 0 spiro atoms. The molecule has 1 fully saturated rings. The Balaban J connectivity index is 2.42. The Morgan fingerprint density at radius 3 is 2.50 bits per heavy atom. The molecule has 1 saturated heterocycles. The quantitative estimate of drug-likeness (QED) is 0.695.